The molecule has 0 radical (unpaired) electrons. The van der Waals surface area contributed by atoms with Crippen LogP contribution in [-0.2, 0) is 0 Å². The van der Waals surface area contributed by atoms with Crippen LogP contribution in [0.25, 0.3) is 11.3 Å². The molecule has 0 saturated heterocycles. The zero-order valence-electron chi connectivity index (χ0n) is 15.1. The number of nitrogens with one attached hydrogen (secondary N) is 1. The Morgan fingerprint density at radius 3 is 2.44 bits per heavy atom. The summed E-state index contributed by atoms with van der Waals surface area (Å²) >= 11 is 6.08. The lowest BCUT2D eigenvalue weighted by molar-refractivity contribution is 0.0827. The fourth-order valence-electron chi connectivity index (χ4n) is 2.44. The summed E-state index contributed by atoms with van der Waals surface area (Å²) in [5.41, 5.74) is 3.29. The van der Waals surface area contributed by atoms with E-state index in [0.717, 1.165) is 11.1 Å². The molecule has 2 amide bonds. The molecule has 1 aromatic heterocycles. The van der Waals surface area contributed by atoms with Gasteiger partial charge in [0, 0.05) is 31.4 Å². The van der Waals surface area contributed by atoms with Crippen LogP contribution in [0.2, 0.25) is 5.02 Å². The molecule has 3 rings (SSSR count). The lowest BCUT2D eigenvalue weighted by atomic mass is 10.1. The van der Waals surface area contributed by atoms with Crippen molar-refractivity contribution in [1.82, 2.24) is 10.1 Å². The molecule has 0 unspecified atom stereocenters. The lowest BCUT2D eigenvalue weighted by Crippen LogP contribution is -2.22. The maximum atomic E-state index is 12.4. The van der Waals surface area contributed by atoms with Gasteiger partial charge >= 0.3 is 0 Å². The number of rotatable bonds is 4. The molecular weight excluding hydrogens is 366 g/mol. The third-order valence-corrected chi connectivity index (χ3v) is 4.27. The van der Waals surface area contributed by atoms with E-state index < -0.39 is 5.91 Å². The molecule has 0 aliphatic carbocycles. The van der Waals surface area contributed by atoms with Crippen LogP contribution in [0.4, 0.5) is 5.69 Å². The molecule has 0 atom stereocenters. The average molecular weight is 384 g/mol. The molecule has 27 heavy (non-hydrogen) atoms. The quantitative estimate of drug-likeness (QED) is 0.730. The number of hydrogen-bond acceptors (Lipinski definition) is 4. The first-order chi connectivity index (χ1) is 12.8. The van der Waals surface area contributed by atoms with E-state index in [1.165, 1.54) is 11.0 Å². The Balaban J connectivity index is 1.79. The first kappa shape index (κ1) is 18.7. The van der Waals surface area contributed by atoms with Gasteiger partial charge in [-0.15, -0.1) is 0 Å². The minimum absolute atomic E-state index is 0.0704. The van der Waals surface area contributed by atoms with Crippen LogP contribution < -0.4 is 5.32 Å². The number of amides is 2. The number of hydrogen-bond donors (Lipinski definition) is 1. The Morgan fingerprint density at radius 2 is 1.78 bits per heavy atom. The van der Waals surface area contributed by atoms with Gasteiger partial charge in [0.05, 0.1) is 10.6 Å². The van der Waals surface area contributed by atoms with Gasteiger partial charge in [-0.1, -0.05) is 46.6 Å². The van der Waals surface area contributed by atoms with Crippen LogP contribution in [0.15, 0.2) is 53.1 Å². The molecule has 0 aliphatic rings. The highest BCUT2D eigenvalue weighted by Gasteiger charge is 2.17. The van der Waals surface area contributed by atoms with Gasteiger partial charge in [-0.05, 0) is 25.1 Å². The second kappa shape index (κ2) is 7.63. The van der Waals surface area contributed by atoms with Crippen LogP contribution in [-0.4, -0.2) is 36.0 Å². The van der Waals surface area contributed by atoms with Crippen molar-refractivity contribution in [1.29, 1.82) is 0 Å². The summed E-state index contributed by atoms with van der Waals surface area (Å²) in [5, 5.41) is 6.95. The monoisotopic (exact) mass is 383 g/mol. The van der Waals surface area contributed by atoms with Gasteiger partial charge in [0.25, 0.3) is 11.8 Å². The van der Waals surface area contributed by atoms with Crippen molar-refractivity contribution in [3.63, 3.8) is 0 Å². The zero-order valence-corrected chi connectivity index (χ0v) is 15.9. The predicted molar refractivity (Wildman–Crippen MR) is 104 cm³/mol. The van der Waals surface area contributed by atoms with E-state index in [-0.39, 0.29) is 11.7 Å². The summed E-state index contributed by atoms with van der Waals surface area (Å²) in [6, 6.07) is 14.0. The number of aryl methyl sites for hydroxylation is 1. The molecule has 7 heteroatoms. The van der Waals surface area contributed by atoms with Crippen molar-refractivity contribution in [3.8, 4) is 11.3 Å². The van der Waals surface area contributed by atoms with E-state index in [1.54, 1.807) is 32.3 Å². The standard InChI is InChI=1S/C20H18ClN3O3/c1-12-4-6-13(7-5-12)17-11-18(27-23-17)19(25)22-14-8-9-16(21)15(10-14)20(26)24(2)3/h4-11H,1-3H3,(H,22,25). The number of nitrogens with zero attached hydrogens (tertiary/aromatic N) is 2. The molecule has 1 heterocycles. The molecule has 6 nitrogen and oxygen atoms in total. The van der Waals surface area contributed by atoms with E-state index >= 15 is 0 Å². The van der Waals surface area contributed by atoms with Gasteiger partial charge in [0.1, 0.15) is 5.69 Å². The highest BCUT2D eigenvalue weighted by atomic mass is 35.5. The van der Waals surface area contributed by atoms with E-state index in [2.05, 4.69) is 10.5 Å². The van der Waals surface area contributed by atoms with Crippen LogP contribution in [0.3, 0.4) is 0 Å². The van der Waals surface area contributed by atoms with Gasteiger partial charge in [0.2, 0.25) is 5.76 Å². The second-order valence-electron chi connectivity index (χ2n) is 6.29. The predicted octanol–water partition coefficient (Wildman–Crippen LogP) is 4.26. The van der Waals surface area contributed by atoms with Crippen LogP contribution >= 0.6 is 11.6 Å². The SMILES string of the molecule is Cc1ccc(-c2cc(C(=O)Nc3ccc(Cl)c(C(=O)N(C)C)c3)on2)cc1. The summed E-state index contributed by atoms with van der Waals surface area (Å²) in [6.45, 7) is 1.99. The summed E-state index contributed by atoms with van der Waals surface area (Å²) in [6.07, 6.45) is 0. The minimum Gasteiger partial charge on any atom is -0.350 e. The zero-order chi connectivity index (χ0) is 19.6. The smallest absolute Gasteiger partial charge is 0.294 e. The van der Waals surface area contributed by atoms with Gasteiger partial charge in [-0.25, -0.2) is 0 Å². The fraction of sp³-hybridized carbons (Fsp3) is 0.150. The molecule has 1 N–H and O–H groups in total. The van der Waals surface area contributed by atoms with Crippen molar-refractivity contribution in [3.05, 3.63) is 70.4 Å². The summed E-state index contributed by atoms with van der Waals surface area (Å²) in [5.74, 6) is -0.648. The molecule has 0 bridgehead atoms. The Hall–Kier alpha value is -3.12. The van der Waals surface area contributed by atoms with Gasteiger partial charge in [-0.2, -0.15) is 0 Å². The van der Waals surface area contributed by atoms with Crippen LogP contribution in [0.5, 0.6) is 0 Å². The van der Waals surface area contributed by atoms with E-state index in [4.69, 9.17) is 16.1 Å². The number of halogens is 1. The Bertz CT molecular complexity index is 994. The highest BCUT2D eigenvalue weighted by molar-refractivity contribution is 6.34. The number of benzene rings is 2. The minimum atomic E-state index is -0.466. The van der Waals surface area contributed by atoms with Crippen molar-refractivity contribution < 1.29 is 14.1 Å². The fourth-order valence-corrected chi connectivity index (χ4v) is 2.64. The van der Waals surface area contributed by atoms with Crippen LogP contribution in [0, 0.1) is 6.92 Å². The summed E-state index contributed by atoms with van der Waals surface area (Å²) in [7, 11) is 3.26. The van der Waals surface area contributed by atoms with Gasteiger partial charge in [0.15, 0.2) is 0 Å². The molecule has 0 spiro atoms. The van der Waals surface area contributed by atoms with E-state index in [9.17, 15) is 9.59 Å². The van der Waals surface area contributed by atoms with E-state index in [1.807, 2.05) is 31.2 Å². The molecule has 0 fully saturated rings. The third-order valence-electron chi connectivity index (χ3n) is 3.94. The highest BCUT2D eigenvalue weighted by Crippen LogP contribution is 2.23. The number of carbonyl (C=O) groups is 2. The lowest BCUT2D eigenvalue weighted by Gasteiger charge is -2.13. The maximum absolute atomic E-state index is 12.4. The van der Waals surface area contributed by atoms with E-state index in [0.29, 0.717) is 22.0 Å². The topological polar surface area (TPSA) is 75.4 Å². The summed E-state index contributed by atoms with van der Waals surface area (Å²) in [4.78, 5) is 26.0. The number of carbonyl (C=O) groups excluding carboxylic acids is 2. The van der Waals surface area contributed by atoms with Crippen molar-refractivity contribution >= 4 is 29.1 Å². The Kier molecular flexibility index (Phi) is 5.28. The van der Waals surface area contributed by atoms with Gasteiger partial charge < -0.3 is 14.7 Å². The molecule has 3 aromatic rings. The third kappa shape index (κ3) is 4.17. The Labute approximate surface area is 161 Å². The molecule has 138 valence electrons. The molecule has 2 aromatic carbocycles. The largest absolute Gasteiger partial charge is 0.350 e. The number of aromatic nitrogens is 1. The summed E-state index contributed by atoms with van der Waals surface area (Å²) < 4.78 is 5.16. The first-order valence-electron chi connectivity index (χ1n) is 8.21. The molecule has 0 saturated carbocycles. The molecular formula is C20H18ClN3O3. The maximum Gasteiger partial charge on any atom is 0.294 e. The Morgan fingerprint density at radius 1 is 1.07 bits per heavy atom. The average Bonchev–Trinajstić information content (AvgIpc) is 3.13. The number of anilines is 1. The first-order valence-corrected chi connectivity index (χ1v) is 8.59. The van der Waals surface area contributed by atoms with Crippen LogP contribution in [0.1, 0.15) is 26.5 Å². The normalized spacial score (nSPS) is 10.5. The molecule has 0 aliphatic heterocycles. The van der Waals surface area contributed by atoms with Crippen molar-refractivity contribution in [2.45, 2.75) is 6.92 Å². The second-order valence-corrected chi connectivity index (χ2v) is 6.70. The van der Waals surface area contributed by atoms with Crippen molar-refractivity contribution in [2.75, 3.05) is 19.4 Å². The van der Waals surface area contributed by atoms with Gasteiger partial charge in [-0.3, -0.25) is 9.59 Å². The van der Waals surface area contributed by atoms with Crippen molar-refractivity contribution in [2.24, 2.45) is 0 Å².